The number of amides is 1. The van der Waals surface area contributed by atoms with Gasteiger partial charge in [0.05, 0.1) is 0 Å². The van der Waals surface area contributed by atoms with Gasteiger partial charge in [-0.3, -0.25) is 4.79 Å². The topological polar surface area (TPSA) is 32.3 Å². The Hall–Kier alpha value is -2.00. The molecule has 0 aliphatic carbocycles. The lowest BCUT2D eigenvalue weighted by Crippen LogP contribution is -2.18. The molecule has 1 amide bonds. The van der Waals surface area contributed by atoms with Gasteiger partial charge in [-0.2, -0.15) is 0 Å². The van der Waals surface area contributed by atoms with Crippen LogP contribution in [0.2, 0.25) is 0 Å². The highest BCUT2D eigenvalue weighted by Crippen LogP contribution is 2.25. The van der Waals surface area contributed by atoms with Crippen molar-refractivity contribution in [2.75, 3.05) is 23.3 Å². The first kappa shape index (κ1) is 14.9. The van der Waals surface area contributed by atoms with Crippen molar-refractivity contribution in [2.45, 2.75) is 18.2 Å². The molecule has 22 heavy (non-hydrogen) atoms. The zero-order chi connectivity index (χ0) is 15.4. The average Bonchev–Trinajstić information content (AvgIpc) is 3.10. The smallest absolute Gasteiger partial charge is 0.246 e. The second-order valence-electron chi connectivity index (χ2n) is 5.50. The lowest BCUT2D eigenvalue weighted by molar-refractivity contribution is -0.116. The fraction of sp³-hybridized carbons (Fsp3) is 0.278. The molecule has 1 aliphatic rings. The fourth-order valence-corrected chi connectivity index (χ4v) is 2.91. The predicted octanol–water partition coefficient (Wildman–Crippen LogP) is 4.21. The number of nitrogens with zero attached hydrogens (tertiary/aromatic N) is 1. The van der Waals surface area contributed by atoms with Crippen LogP contribution in [0, 0.1) is 0 Å². The van der Waals surface area contributed by atoms with E-state index in [1.165, 1.54) is 18.5 Å². The van der Waals surface area contributed by atoms with E-state index < -0.39 is 5.38 Å². The quantitative estimate of drug-likeness (QED) is 0.858. The molecule has 1 saturated heterocycles. The summed E-state index contributed by atoms with van der Waals surface area (Å²) in [7, 11) is 0. The number of nitrogens with one attached hydrogen (secondary N) is 1. The van der Waals surface area contributed by atoms with Crippen molar-refractivity contribution in [1.29, 1.82) is 0 Å². The van der Waals surface area contributed by atoms with E-state index in [9.17, 15) is 4.79 Å². The van der Waals surface area contributed by atoms with Gasteiger partial charge >= 0.3 is 0 Å². The molecular weight excluding hydrogens is 296 g/mol. The summed E-state index contributed by atoms with van der Waals surface area (Å²) in [6, 6.07) is 17.3. The number of halogens is 1. The number of hydrogen-bond acceptors (Lipinski definition) is 2. The van der Waals surface area contributed by atoms with Crippen molar-refractivity contribution < 1.29 is 4.79 Å². The molecular formula is C18H19ClN2O. The maximum absolute atomic E-state index is 12.2. The number of carbonyl (C=O) groups is 1. The zero-order valence-electron chi connectivity index (χ0n) is 12.3. The number of alkyl halides is 1. The van der Waals surface area contributed by atoms with Crippen molar-refractivity contribution in [3.63, 3.8) is 0 Å². The molecule has 3 rings (SSSR count). The summed E-state index contributed by atoms with van der Waals surface area (Å²) in [6.07, 6.45) is 2.51. The standard InChI is InChI=1S/C18H19ClN2O/c19-17(14-6-2-1-3-7-14)18(22)20-15-8-10-16(11-9-15)21-12-4-5-13-21/h1-3,6-11,17H,4-5,12-13H2,(H,20,22)/t17-/m0/s1. The average molecular weight is 315 g/mol. The molecule has 1 heterocycles. The van der Waals surface area contributed by atoms with Crippen LogP contribution >= 0.6 is 11.6 Å². The maximum atomic E-state index is 12.2. The number of hydrogen-bond donors (Lipinski definition) is 1. The number of rotatable bonds is 4. The largest absolute Gasteiger partial charge is 0.372 e. The number of anilines is 2. The molecule has 2 aromatic rings. The Balaban J connectivity index is 1.64. The highest BCUT2D eigenvalue weighted by molar-refractivity contribution is 6.32. The van der Waals surface area contributed by atoms with E-state index >= 15 is 0 Å². The minimum absolute atomic E-state index is 0.207. The van der Waals surface area contributed by atoms with E-state index in [1.807, 2.05) is 54.6 Å². The molecule has 0 spiro atoms. The van der Waals surface area contributed by atoms with Crippen LogP contribution in [-0.2, 0) is 4.79 Å². The third-order valence-electron chi connectivity index (χ3n) is 3.93. The third-order valence-corrected chi connectivity index (χ3v) is 4.38. The Kier molecular flexibility index (Phi) is 4.64. The molecule has 0 bridgehead atoms. The molecule has 114 valence electrons. The van der Waals surface area contributed by atoms with Crippen molar-refractivity contribution in [3.05, 3.63) is 60.2 Å². The Morgan fingerprint density at radius 2 is 1.64 bits per heavy atom. The van der Waals surface area contributed by atoms with E-state index in [0.717, 1.165) is 24.3 Å². The maximum Gasteiger partial charge on any atom is 0.246 e. The minimum atomic E-state index is -0.681. The molecule has 0 aromatic heterocycles. The summed E-state index contributed by atoms with van der Waals surface area (Å²) in [5.74, 6) is -0.207. The molecule has 4 heteroatoms. The highest BCUT2D eigenvalue weighted by Gasteiger charge is 2.17. The van der Waals surface area contributed by atoms with Gasteiger partial charge in [0.1, 0.15) is 5.38 Å². The van der Waals surface area contributed by atoms with Gasteiger partial charge in [0.25, 0.3) is 0 Å². The van der Waals surface area contributed by atoms with E-state index in [0.29, 0.717) is 0 Å². The van der Waals surface area contributed by atoms with Crippen LogP contribution in [0.15, 0.2) is 54.6 Å². The predicted molar refractivity (Wildman–Crippen MR) is 91.6 cm³/mol. The van der Waals surface area contributed by atoms with Gasteiger partial charge in [-0.05, 0) is 42.7 Å². The van der Waals surface area contributed by atoms with Gasteiger partial charge < -0.3 is 10.2 Å². The zero-order valence-corrected chi connectivity index (χ0v) is 13.1. The molecule has 1 fully saturated rings. The van der Waals surface area contributed by atoms with Crippen LogP contribution in [0.5, 0.6) is 0 Å². The van der Waals surface area contributed by atoms with Gasteiger partial charge in [-0.1, -0.05) is 30.3 Å². The molecule has 1 aliphatic heterocycles. The molecule has 0 saturated carbocycles. The van der Waals surface area contributed by atoms with Crippen LogP contribution in [0.4, 0.5) is 11.4 Å². The monoisotopic (exact) mass is 314 g/mol. The summed E-state index contributed by atoms with van der Waals surface area (Å²) in [4.78, 5) is 14.6. The second-order valence-corrected chi connectivity index (χ2v) is 5.94. The van der Waals surface area contributed by atoms with Crippen LogP contribution in [0.1, 0.15) is 23.8 Å². The SMILES string of the molecule is O=C(Nc1ccc(N2CCCC2)cc1)[C@@H](Cl)c1ccccc1. The van der Waals surface area contributed by atoms with E-state index in [2.05, 4.69) is 10.2 Å². The Morgan fingerprint density at radius 1 is 1.00 bits per heavy atom. The van der Waals surface area contributed by atoms with Gasteiger partial charge in [-0.25, -0.2) is 0 Å². The number of carbonyl (C=O) groups excluding carboxylic acids is 1. The molecule has 0 radical (unpaired) electrons. The Bertz CT molecular complexity index is 621. The fourth-order valence-electron chi connectivity index (χ4n) is 2.71. The summed E-state index contributed by atoms with van der Waals surface area (Å²) in [5, 5.41) is 2.19. The summed E-state index contributed by atoms with van der Waals surface area (Å²) < 4.78 is 0. The van der Waals surface area contributed by atoms with Crippen molar-refractivity contribution in [3.8, 4) is 0 Å². The normalized spacial score (nSPS) is 15.6. The molecule has 1 atom stereocenters. The first-order valence-corrected chi connectivity index (χ1v) is 8.02. The first-order valence-electron chi connectivity index (χ1n) is 7.59. The van der Waals surface area contributed by atoms with Gasteiger partial charge in [-0.15, -0.1) is 11.6 Å². The van der Waals surface area contributed by atoms with Crippen molar-refractivity contribution in [1.82, 2.24) is 0 Å². The van der Waals surface area contributed by atoms with Crippen molar-refractivity contribution >= 4 is 28.9 Å². The van der Waals surface area contributed by atoms with E-state index in [-0.39, 0.29) is 5.91 Å². The van der Waals surface area contributed by atoms with Gasteiger partial charge in [0.15, 0.2) is 0 Å². The molecule has 0 unspecified atom stereocenters. The molecule has 1 N–H and O–H groups in total. The van der Waals surface area contributed by atoms with Crippen molar-refractivity contribution in [2.24, 2.45) is 0 Å². The lowest BCUT2D eigenvalue weighted by Gasteiger charge is -2.18. The summed E-state index contributed by atoms with van der Waals surface area (Å²) in [6.45, 7) is 2.23. The van der Waals surface area contributed by atoms with Crippen LogP contribution in [-0.4, -0.2) is 19.0 Å². The van der Waals surface area contributed by atoms with Gasteiger partial charge in [0.2, 0.25) is 5.91 Å². The second kappa shape index (κ2) is 6.84. The highest BCUT2D eigenvalue weighted by atomic mass is 35.5. The lowest BCUT2D eigenvalue weighted by atomic mass is 10.1. The van der Waals surface area contributed by atoms with Gasteiger partial charge in [0, 0.05) is 24.5 Å². The summed E-state index contributed by atoms with van der Waals surface area (Å²) >= 11 is 6.22. The molecule has 3 nitrogen and oxygen atoms in total. The summed E-state index contributed by atoms with van der Waals surface area (Å²) in [5.41, 5.74) is 2.78. The first-order chi connectivity index (χ1) is 10.7. The van der Waals surface area contributed by atoms with E-state index in [4.69, 9.17) is 11.6 Å². The van der Waals surface area contributed by atoms with Crippen LogP contribution in [0.25, 0.3) is 0 Å². The van der Waals surface area contributed by atoms with Crippen LogP contribution in [0.3, 0.4) is 0 Å². The Morgan fingerprint density at radius 3 is 2.27 bits per heavy atom. The third kappa shape index (κ3) is 3.42. The number of benzene rings is 2. The Labute approximate surface area is 135 Å². The van der Waals surface area contributed by atoms with E-state index in [1.54, 1.807) is 0 Å². The minimum Gasteiger partial charge on any atom is -0.372 e. The van der Waals surface area contributed by atoms with Crippen LogP contribution < -0.4 is 10.2 Å². The molecule has 2 aromatic carbocycles.